The Labute approximate surface area is 226 Å². The number of nitrogens with zero attached hydrogens (tertiary/aromatic N) is 2. The predicted octanol–water partition coefficient (Wildman–Crippen LogP) is 4.79. The first-order chi connectivity index (χ1) is 18.4. The molecule has 0 bridgehead atoms. The summed E-state index contributed by atoms with van der Waals surface area (Å²) < 4.78 is 46.1. The van der Waals surface area contributed by atoms with E-state index in [9.17, 15) is 13.2 Å². The number of hydrogen-bond donors (Lipinski definition) is 3. The number of rotatable bonds is 6. The molecule has 202 valence electrons. The fourth-order valence-electron chi connectivity index (χ4n) is 5.04. The van der Waals surface area contributed by atoms with Crippen LogP contribution >= 0.6 is 0 Å². The molecule has 4 aromatic rings. The molecule has 0 radical (unpaired) electrons. The highest BCUT2D eigenvalue weighted by molar-refractivity contribution is 7.89. The molecule has 5 rings (SSSR count). The summed E-state index contributed by atoms with van der Waals surface area (Å²) in [6, 6.07) is 17.6. The maximum atomic E-state index is 15.5. The minimum atomic E-state index is -3.86. The summed E-state index contributed by atoms with van der Waals surface area (Å²) in [5, 5.41) is 8.64. The van der Waals surface area contributed by atoms with Crippen molar-refractivity contribution < 1.29 is 17.6 Å². The third-order valence-electron chi connectivity index (χ3n) is 6.71. The Morgan fingerprint density at radius 3 is 2.51 bits per heavy atom. The lowest BCUT2D eigenvalue weighted by Crippen LogP contribution is -2.40. The van der Waals surface area contributed by atoms with E-state index in [4.69, 9.17) is 11.1 Å². The molecule has 0 saturated carbocycles. The van der Waals surface area contributed by atoms with Crippen LogP contribution < -0.4 is 15.4 Å². The quantitative estimate of drug-likeness (QED) is 0.237. The van der Waals surface area contributed by atoms with Gasteiger partial charge < -0.3 is 15.2 Å². The summed E-state index contributed by atoms with van der Waals surface area (Å²) in [4.78, 5) is 15.0. The Hall–Kier alpha value is -4.02. The van der Waals surface area contributed by atoms with Gasteiger partial charge in [-0.1, -0.05) is 36.4 Å². The molecule has 10 heteroatoms. The molecule has 3 aromatic carbocycles. The average Bonchev–Trinajstić information content (AvgIpc) is 3.45. The molecule has 1 aliphatic rings. The molecule has 1 saturated heterocycles. The van der Waals surface area contributed by atoms with Gasteiger partial charge in [0.1, 0.15) is 17.7 Å². The van der Waals surface area contributed by atoms with Crippen LogP contribution in [0, 0.1) is 11.2 Å². The van der Waals surface area contributed by atoms with E-state index >= 15 is 4.39 Å². The van der Waals surface area contributed by atoms with Crippen LogP contribution in [0.15, 0.2) is 77.8 Å². The molecule has 1 aromatic heterocycles. The number of fused-ring (bicyclic) bond motifs is 1. The van der Waals surface area contributed by atoms with Crippen molar-refractivity contribution in [2.24, 2.45) is 5.73 Å². The largest absolute Gasteiger partial charge is 0.384 e. The molecule has 1 unspecified atom stereocenters. The van der Waals surface area contributed by atoms with Gasteiger partial charge in [0.05, 0.1) is 10.6 Å². The van der Waals surface area contributed by atoms with Gasteiger partial charge in [0.25, 0.3) is 0 Å². The van der Waals surface area contributed by atoms with Crippen LogP contribution in [-0.4, -0.2) is 36.8 Å². The second-order valence-corrected chi connectivity index (χ2v) is 12.4. The minimum Gasteiger partial charge on any atom is -0.384 e. The number of halogens is 1. The smallest absolute Gasteiger partial charge is 0.250 e. The Balaban J connectivity index is 1.46. The number of hydrogen-bond acceptors (Lipinski definition) is 4. The molecule has 0 aliphatic carbocycles. The SMILES string of the molecule is CC(C)(C)NS(=O)(=O)c1ccccc1-c1ccc(N2CCC(n3ccc4ccc(C(=N)N)cc43)C2=O)c(F)c1. The van der Waals surface area contributed by atoms with E-state index in [0.29, 0.717) is 29.7 Å². The van der Waals surface area contributed by atoms with Crippen molar-refractivity contribution >= 4 is 38.4 Å². The van der Waals surface area contributed by atoms with Gasteiger partial charge in [0.2, 0.25) is 15.9 Å². The zero-order valence-electron chi connectivity index (χ0n) is 21.9. The van der Waals surface area contributed by atoms with Crippen molar-refractivity contribution in [2.75, 3.05) is 11.4 Å². The molecule has 1 fully saturated rings. The van der Waals surface area contributed by atoms with Crippen LogP contribution in [-0.2, 0) is 14.8 Å². The van der Waals surface area contributed by atoms with Gasteiger partial charge in [-0.2, -0.15) is 0 Å². The lowest BCUT2D eigenvalue weighted by Gasteiger charge is -2.22. The summed E-state index contributed by atoms with van der Waals surface area (Å²) in [5.41, 5.74) is 7.20. The molecule has 0 spiro atoms. The van der Waals surface area contributed by atoms with Gasteiger partial charge in [-0.05, 0) is 68.5 Å². The number of benzene rings is 3. The van der Waals surface area contributed by atoms with Gasteiger partial charge in [-0.3, -0.25) is 10.2 Å². The highest BCUT2D eigenvalue weighted by Crippen LogP contribution is 2.36. The molecular formula is C29H30FN5O3S. The normalized spacial score (nSPS) is 16.3. The van der Waals surface area contributed by atoms with Crippen LogP contribution in [0.4, 0.5) is 10.1 Å². The van der Waals surface area contributed by atoms with Crippen LogP contribution in [0.1, 0.15) is 38.8 Å². The molecule has 1 amide bonds. The maximum Gasteiger partial charge on any atom is 0.250 e. The monoisotopic (exact) mass is 547 g/mol. The van der Waals surface area contributed by atoms with E-state index in [1.165, 1.54) is 23.1 Å². The van der Waals surface area contributed by atoms with Crippen molar-refractivity contribution in [2.45, 2.75) is 43.7 Å². The Bertz CT molecular complexity index is 1720. The van der Waals surface area contributed by atoms with Gasteiger partial charge in [-0.25, -0.2) is 17.5 Å². The summed E-state index contributed by atoms with van der Waals surface area (Å²) in [5.74, 6) is -0.923. The van der Waals surface area contributed by atoms with Crippen LogP contribution in [0.5, 0.6) is 0 Å². The molecule has 1 aliphatic heterocycles. The summed E-state index contributed by atoms with van der Waals surface area (Å²) in [6.07, 6.45) is 2.30. The first-order valence-electron chi connectivity index (χ1n) is 12.5. The van der Waals surface area contributed by atoms with E-state index in [1.54, 1.807) is 57.2 Å². The van der Waals surface area contributed by atoms with Crippen molar-refractivity contribution in [3.05, 3.63) is 84.3 Å². The number of nitrogens with two attached hydrogens (primary N) is 1. The first-order valence-corrected chi connectivity index (χ1v) is 14.0. The number of aromatic nitrogens is 1. The third-order valence-corrected chi connectivity index (χ3v) is 8.53. The van der Waals surface area contributed by atoms with Gasteiger partial charge in [0.15, 0.2) is 0 Å². The standard InChI is InChI=1S/C29H30FN5O3S/c1-29(2,3)33-39(37,38)26-7-5-4-6-21(26)19-10-11-23(22(30)16-19)35-15-13-24(28(35)36)34-14-12-18-8-9-20(27(31)32)17-25(18)34/h4-12,14,16-17,24,33H,13,15H2,1-3H3,(H3,31,32). The fourth-order valence-corrected chi connectivity index (χ4v) is 6.69. The molecule has 2 heterocycles. The fraction of sp³-hybridized carbons (Fsp3) is 0.241. The van der Waals surface area contributed by atoms with Crippen molar-refractivity contribution in [3.63, 3.8) is 0 Å². The van der Waals surface area contributed by atoms with E-state index in [0.717, 1.165) is 10.9 Å². The number of nitrogens with one attached hydrogen (secondary N) is 2. The predicted molar refractivity (Wildman–Crippen MR) is 151 cm³/mol. The molecule has 39 heavy (non-hydrogen) atoms. The zero-order valence-corrected chi connectivity index (χ0v) is 22.7. The lowest BCUT2D eigenvalue weighted by molar-refractivity contribution is -0.119. The first kappa shape index (κ1) is 26.6. The van der Waals surface area contributed by atoms with E-state index in [1.807, 2.05) is 22.9 Å². The topological polar surface area (TPSA) is 121 Å². The molecule has 4 N–H and O–H groups in total. The Kier molecular flexibility index (Phi) is 6.56. The number of sulfonamides is 1. The maximum absolute atomic E-state index is 15.5. The average molecular weight is 548 g/mol. The number of amidine groups is 1. The second kappa shape index (κ2) is 9.62. The number of amides is 1. The molecule has 1 atom stereocenters. The van der Waals surface area contributed by atoms with Crippen molar-refractivity contribution in [3.8, 4) is 11.1 Å². The second-order valence-electron chi connectivity index (χ2n) is 10.7. The third kappa shape index (κ3) is 5.05. The molecule has 8 nitrogen and oxygen atoms in total. The Morgan fingerprint density at radius 1 is 1.08 bits per heavy atom. The van der Waals surface area contributed by atoms with E-state index in [-0.39, 0.29) is 22.3 Å². The number of carbonyl (C=O) groups is 1. The highest BCUT2D eigenvalue weighted by atomic mass is 32.2. The Morgan fingerprint density at radius 2 is 1.82 bits per heavy atom. The van der Waals surface area contributed by atoms with Gasteiger partial charge in [-0.15, -0.1) is 0 Å². The summed E-state index contributed by atoms with van der Waals surface area (Å²) in [6.45, 7) is 5.58. The zero-order chi connectivity index (χ0) is 28.1. The van der Waals surface area contributed by atoms with Gasteiger partial charge >= 0.3 is 0 Å². The van der Waals surface area contributed by atoms with Crippen molar-refractivity contribution in [1.82, 2.24) is 9.29 Å². The number of carbonyl (C=O) groups excluding carboxylic acids is 1. The van der Waals surface area contributed by atoms with Crippen LogP contribution in [0.3, 0.4) is 0 Å². The van der Waals surface area contributed by atoms with E-state index in [2.05, 4.69) is 4.72 Å². The number of nitrogen functional groups attached to an aromatic ring is 1. The van der Waals surface area contributed by atoms with Gasteiger partial charge in [0, 0.05) is 34.9 Å². The van der Waals surface area contributed by atoms with E-state index < -0.39 is 27.4 Å². The summed E-state index contributed by atoms with van der Waals surface area (Å²) in [7, 11) is -3.86. The van der Waals surface area contributed by atoms with Crippen LogP contribution in [0.25, 0.3) is 22.0 Å². The minimum absolute atomic E-state index is 0.0498. The number of anilines is 1. The van der Waals surface area contributed by atoms with Crippen molar-refractivity contribution in [1.29, 1.82) is 5.41 Å². The summed E-state index contributed by atoms with van der Waals surface area (Å²) >= 11 is 0. The highest BCUT2D eigenvalue weighted by Gasteiger charge is 2.35. The molecular weight excluding hydrogens is 517 g/mol. The van der Waals surface area contributed by atoms with Crippen LogP contribution in [0.2, 0.25) is 0 Å². The lowest BCUT2D eigenvalue weighted by atomic mass is 10.0.